The van der Waals surface area contributed by atoms with Crippen LogP contribution in [0.4, 0.5) is 10.5 Å². The third-order valence-corrected chi connectivity index (χ3v) is 3.81. The van der Waals surface area contributed by atoms with Gasteiger partial charge in [0.25, 0.3) is 5.91 Å². The van der Waals surface area contributed by atoms with E-state index >= 15 is 0 Å². The molecule has 7 heteroatoms. The summed E-state index contributed by atoms with van der Waals surface area (Å²) in [4.78, 5) is 38.2. The first-order valence-corrected chi connectivity index (χ1v) is 9.18. The molecule has 0 aliphatic heterocycles. The molecule has 0 spiro atoms. The lowest BCUT2D eigenvalue weighted by Gasteiger charge is -2.22. The van der Waals surface area contributed by atoms with Crippen molar-refractivity contribution >= 4 is 23.7 Å². The molecular formula is C22H26N2O5. The highest BCUT2D eigenvalue weighted by molar-refractivity contribution is 5.97. The Morgan fingerprint density at radius 3 is 2.31 bits per heavy atom. The maximum absolute atomic E-state index is 13.0. The number of esters is 1. The average Bonchev–Trinajstić information content (AvgIpc) is 2.66. The smallest absolute Gasteiger partial charge is 0.412 e. The number of nitrogens with one attached hydrogen (secondary N) is 1. The predicted molar refractivity (Wildman–Crippen MR) is 109 cm³/mol. The SMILES string of the molecule is COC(=O)CN(Cc1ccccc1)C(=O)c1cccc(NC(=O)OC(C)(C)C)c1. The number of anilines is 1. The highest BCUT2D eigenvalue weighted by atomic mass is 16.6. The molecule has 0 aliphatic carbocycles. The second kappa shape index (κ2) is 9.73. The summed E-state index contributed by atoms with van der Waals surface area (Å²) in [7, 11) is 1.28. The first kappa shape index (κ1) is 21.9. The van der Waals surface area contributed by atoms with E-state index in [1.165, 1.54) is 12.0 Å². The van der Waals surface area contributed by atoms with E-state index in [9.17, 15) is 14.4 Å². The van der Waals surface area contributed by atoms with Crippen molar-refractivity contribution in [3.05, 3.63) is 65.7 Å². The maximum atomic E-state index is 13.0. The van der Waals surface area contributed by atoms with Gasteiger partial charge < -0.3 is 14.4 Å². The standard InChI is InChI=1S/C22H26N2O5/c1-22(2,3)29-21(27)23-18-12-8-11-17(13-18)20(26)24(15-19(25)28-4)14-16-9-6-5-7-10-16/h5-13H,14-15H2,1-4H3,(H,23,27). The number of benzene rings is 2. The predicted octanol–water partition coefficient (Wildman–Crippen LogP) is 3.85. The van der Waals surface area contributed by atoms with Crippen LogP contribution in [0.1, 0.15) is 36.7 Å². The molecule has 0 heterocycles. The largest absolute Gasteiger partial charge is 0.468 e. The number of carbonyl (C=O) groups excluding carboxylic acids is 3. The summed E-state index contributed by atoms with van der Waals surface area (Å²) in [5.74, 6) is -0.871. The van der Waals surface area contributed by atoms with Gasteiger partial charge in [0.1, 0.15) is 12.1 Å². The third kappa shape index (κ3) is 7.29. The molecule has 0 saturated heterocycles. The Labute approximate surface area is 170 Å². The van der Waals surface area contributed by atoms with E-state index in [1.54, 1.807) is 45.0 Å². The van der Waals surface area contributed by atoms with E-state index in [1.807, 2.05) is 30.3 Å². The number of hydrogen-bond donors (Lipinski definition) is 1. The number of carbonyl (C=O) groups is 3. The average molecular weight is 398 g/mol. The van der Waals surface area contributed by atoms with Crippen LogP contribution in [0.5, 0.6) is 0 Å². The lowest BCUT2D eigenvalue weighted by Crippen LogP contribution is -2.35. The number of rotatable bonds is 6. The Morgan fingerprint density at radius 1 is 1.00 bits per heavy atom. The fourth-order valence-corrected chi connectivity index (χ4v) is 2.56. The fraction of sp³-hybridized carbons (Fsp3) is 0.318. The number of hydrogen-bond acceptors (Lipinski definition) is 5. The molecule has 2 amide bonds. The molecule has 0 radical (unpaired) electrons. The van der Waals surface area contributed by atoms with Gasteiger partial charge in [-0.05, 0) is 44.5 Å². The molecule has 2 aromatic carbocycles. The number of ether oxygens (including phenoxy) is 2. The van der Waals surface area contributed by atoms with Crippen LogP contribution >= 0.6 is 0 Å². The van der Waals surface area contributed by atoms with Gasteiger partial charge in [-0.1, -0.05) is 36.4 Å². The van der Waals surface area contributed by atoms with Gasteiger partial charge in [-0.25, -0.2) is 4.79 Å². The van der Waals surface area contributed by atoms with Crippen LogP contribution in [-0.4, -0.2) is 42.1 Å². The van der Waals surface area contributed by atoms with Crippen molar-refractivity contribution in [1.29, 1.82) is 0 Å². The second-order valence-electron chi connectivity index (χ2n) is 7.43. The van der Waals surface area contributed by atoms with Crippen LogP contribution in [0.25, 0.3) is 0 Å². The van der Waals surface area contributed by atoms with Gasteiger partial charge in [0.2, 0.25) is 0 Å². The highest BCUT2D eigenvalue weighted by Gasteiger charge is 2.21. The summed E-state index contributed by atoms with van der Waals surface area (Å²) in [6, 6.07) is 15.8. The Bertz CT molecular complexity index is 859. The minimum absolute atomic E-state index is 0.187. The second-order valence-corrected chi connectivity index (χ2v) is 7.43. The monoisotopic (exact) mass is 398 g/mol. The van der Waals surface area contributed by atoms with Crippen LogP contribution < -0.4 is 5.32 Å². The van der Waals surface area contributed by atoms with Crippen molar-refractivity contribution in [1.82, 2.24) is 4.90 Å². The molecule has 29 heavy (non-hydrogen) atoms. The lowest BCUT2D eigenvalue weighted by atomic mass is 10.1. The Hall–Kier alpha value is -3.35. The van der Waals surface area contributed by atoms with Crippen LogP contribution in [-0.2, 0) is 20.8 Å². The Morgan fingerprint density at radius 2 is 1.69 bits per heavy atom. The van der Waals surface area contributed by atoms with Crippen molar-refractivity contribution in [2.45, 2.75) is 32.9 Å². The van der Waals surface area contributed by atoms with Crippen molar-refractivity contribution in [3.63, 3.8) is 0 Å². The van der Waals surface area contributed by atoms with E-state index < -0.39 is 17.7 Å². The summed E-state index contributed by atoms with van der Waals surface area (Å²) in [6.07, 6.45) is -0.613. The minimum Gasteiger partial charge on any atom is -0.468 e. The van der Waals surface area contributed by atoms with Crippen LogP contribution in [0.3, 0.4) is 0 Å². The van der Waals surface area contributed by atoms with Gasteiger partial charge in [0.15, 0.2) is 0 Å². The topological polar surface area (TPSA) is 84.9 Å². The zero-order chi connectivity index (χ0) is 21.4. The van der Waals surface area contributed by atoms with Crippen LogP contribution in [0, 0.1) is 0 Å². The van der Waals surface area contributed by atoms with E-state index in [0.717, 1.165) is 5.56 Å². The number of nitrogens with zero attached hydrogens (tertiary/aromatic N) is 1. The molecule has 0 unspecified atom stereocenters. The van der Waals surface area contributed by atoms with Gasteiger partial charge in [0.05, 0.1) is 7.11 Å². The van der Waals surface area contributed by atoms with Crippen molar-refractivity contribution in [2.75, 3.05) is 19.0 Å². The van der Waals surface area contributed by atoms with Crippen molar-refractivity contribution in [2.24, 2.45) is 0 Å². The molecule has 1 N–H and O–H groups in total. The molecule has 2 aromatic rings. The molecule has 7 nitrogen and oxygen atoms in total. The van der Waals surface area contributed by atoms with Gasteiger partial charge >= 0.3 is 12.1 Å². The third-order valence-electron chi connectivity index (χ3n) is 3.81. The van der Waals surface area contributed by atoms with Crippen LogP contribution in [0.2, 0.25) is 0 Å². The maximum Gasteiger partial charge on any atom is 0.412 e. The summed E-state index contributed by atoms with van der Waals surface area (Å²) in [6.45, 7) is 5.36. The lowest BCUT2D eigenvalue weighted by molar-refractivity contribution is -0.141. The Kier molecular flexibility index (Phi) is 7.36. The number of amides is 2. The van der Waals surface area contributed by atoms with Gasteiger partial charge in [-0.3, -0.25) is 14.9 Å². The zero-order valence-corrected chi connectivity index (χ0v) is 17.1. The van der Waals surface area contributed by atoms with E-state index in [0.29, 0.717) is 11.3 Å². The van der Waals surface area contributed by atoms with E-state index in [-0.39, 0.29) is 19.0 Å². The molecule has 0 saturated carbocycles. The first-order valence-electron chi connectivity index (χ1n) is 9.18. The molecular weight excluding hydrogens is 372 g/mol. The number of methoxy groups -OCH3 is 1. The summed E-state index contributed by atoms with van der Waals surface area (Å²) >= 11 is 0. The molecule has 0 fully saturated rings. The Balaban J connectivity index is 2.19. The minimum atomic E-state index is -0.634. The van der Waals surface area contributed by atoms with Crippen LogP contribution in [0.15, 0.2) is 54.6 Å². The van der Waals surface area contributed by atoms with E-state index in [4.69, 9.17) is 9.47 Å². The molecule has 154 valence electrons. The summed E-state index contributed by atoms with van der Waals surface area (Å²) in [5.41, 5.74) is 0.999. The quantitative estimate of drug-likeness (QED) is 0.747. The molecule has 2 rings (SSSR count). The first-order chi connectivity index (χ1) is 13.7. The molecule has 0 atom stereocenters. The van der Waals surface area contributed by atoms with Gasteiger partial charge in [-0.15, -0.1) is 0 Å². The van der Waals surface area contributed by atoms with E-state index in [2.05, 4.69) is 5.32 Å². The van der Waals surface area contributed by atoms with Gasteiger partial charge in [0, 0.05) is 17.8 Å². The van der Waals surface area contributed by atoms with Gasteiger partial charge in [-0.2, -0.15) is 0 Å². The normalized spacial score (nSPS) is 10.8. The highest BCUT2D eigenvalue weighted by Crippen LogP contribution is 2.16. The molecule has 0 aromatic heterocycles. The summed E-state index contributed by atoms with van der Waals surface area (Å²) < 4.78 is 9.95. The fourth-order valence-electron chi connectivity index (χ4n) is 2.56. The summed E-state index contributed by atoms with van der Waals surface area (Å²) in [5, 5.41) is 2.61. The van der Waals surface area contributed by atoms with Crippen molar-refractivity contribution < 1.29 is 23.9 Å². The molecule has 0 bridgehead atoms. The van der Waals surface area contributed by atoms with Crippen molar-refractivity contribution in [3.8, 4) is 0 Å². The zero-order valence-electron chi connectivity index (χ0n) is 17.1. The molecule has 0 aliphatic rings.